The molecule has 0 saturated heterocycles. The van der Waals surface area contributed by atoms with E-state index < -0.39 is 60.0 Å². The number of azide groups is 2. The van der Waals surface area contributed by atoms with E-state index in [1.54, 1.807) is 9.82 Å². The molecule has 144 valence electrons. The zero-order valence-electron chi connectivity index (χ0n) is 12.2. The van der Waals surface area contributed by atoms with Crippen LogP contribution in [-0.2, 0) is 9.59 Å². The second kappa shape index (κ2) is 6.64. The molecule has 0 amide bonds. The lowest BCUT2D eigenvalue weighted by Crippen LogP contribution is -2.60. The second-order valence-corrected chi connectivity index (χ2v) is 5.27. The Bertz CT molecular complexity index is 652. The normalized spacial score (nSPS) is 26.2. The van der Waals surface area contributed by atoms with Crippen molar-refractivity contribution in [3.8, 4) is 0 Å². The molecule has 0 aromatic heterocycles. The van der Waals surface area contributed by atoms with Gasteiger partial charge in [-0.25, -0.2) is 0 Å². The first kappa shape index (κ1) is 21.5. The summed E-state index contributed by atoms with van der Waals surface area (Å²) in [5.74, 6) is -8.97. The summed E-state index contributed by atoms with van der Waals surface area (Å²) in [5, 5.41) is 23.2. The molecule has 0 bridgehead atoms. The molecule has 4 unspecified atom stereocenters. The van der Waals surface area contributed by atoms with Crippen LogP contribution in [0.15, 0.2) is 10.2 Å². The molecule has 4 atom stereocenters. The van der Waals surface area contributed by atoms with E-state index in [0.29, 0.717) is 0 Å². The summed E-state index contributed by atoms with van der Waals surface area (Å²) in [6.07, 6.45) is -14.7. The van der Waals surface area contributed by atoms with Gasteiger partial charge < -0.3 is 10.2 Å². The molecule has 2 N–H and O–H groups in total. The highest BCUT2D eigenvalue weighted by atomic mass is 19.4. The maximum absolute atomic E-state index is 12.9. The highest BCUT2D eigenvalue weighted by Gasteiger charge is 2.67. The molecule has 0 radical (unpaired) electrons. The van der Waals surface area contributed by atoms with Crippen LogP contribution in [0.4, 0.5) is 26.3 Å². The molecule has 10 nitrogen and oxygen atoms in total. The number of aliphatic hydroxyl groups is 2. The van der Waals surface area contributed by atoms with Gasteiger partial charge in [-0.15, -0.1) is 0 Å². The molecule has 0 aromatic rings. The van der Waals surface area contributed by atoms with E-state index in [4.69, 9.17) is 11.1 Å². The number of ketones is 2. The number of hydrogen-bond acceptors (Lipinski definition) is 6. The minimum absolute atomic E-state index is 1.64. The molecule has 1 rings (SSSR count). The van der Waals surface area contributed by atoms with Crippen LogP contribution in [0.5, 0.6) is 0 Å². The number of carbonyl (C=O) groups excluding carboxylic acids is 2. The van der Waals surface area contributed by atoms with Crippen LogP contribution < -0.4 is 0 Å². The second-order valence-electron chi connectivity index (χ2n) is 5.27. The van der Waals surface area contributed by atoms with Gasteiger partial charge in [-0.1, -0.05) is 0 Å². The average Bonchev–Trinajstić information content (AvgIpc) is 2.47. The zero-order valence-corrected chi connectivity index (χ0v) is 12.2. The fraction of sp³-hybridized carbons (Fsp3) is 0.800. The highest BCUT2D eigenvalue weighted by Crippen LogP contribution is 2.47. The van der Waals surface area contributed by atoms with Gasteiger partial charge in [-0.2, -0.15) is 26.3 Å². The predicted octanol–water partition coefficient (Wildman–Crippen LogP) is 2.27. The van der Waals surface area contributed by atoms with Gasteiger partial charge in [-0.05, 0) is 21.3 Å². The third-order valence-corrected chi connectivity index (χ3v) is 3.79. The Balaban J connectivity index is 3.38. The Kier molecular flexibility index (Phi) is 5.49. The Morgan fingerprint density at radius 2 is 1.08 bits per heavy atom. The molecule has 1 aliphatic carbocycles. The molecule has 1 saturated carbocycles. The quantitative estimate of drug-likeness (QED) is 0.325. The summed E-state index contributed by atoms with van der Waals surface area (Å²) in [5.41, 5.74) is 7.57. The van der Waals surface area contributed by atoms with E-state index in [0.717, 1.165) is 0 Å². The van der Waals surface area contributed by atoms with Crippen molar-refractivity contribution in [3.05, 3.63) is 20.9 Å². The van der Waals surface area contributed by atoms with Gasteiger partial charge >= 0.3 is 12.4 Å². The molecule has 0 aromatic carbocycles. The average molecular weight is 390 g/mol. The van der Waals surface area contributed by atoms with Gasteiger partial charge in [-0.3, -0.25) is 9.59 Å². The largest absolute Gasteiger partial charge is 0.423 e. The summed E-state index contributed by atoms with van der Waals surface area (Å²) < 4.78 is 77.7. The topological polar surface area (TPSA) is 172 Å². The third-order valence-electron chi connectivity index (χ3n) is 3.79. The lowest BCUT2D eigenvalue weighted by molar-refractivity contribution is -0.283. The van der Waals surface area contributed by atoms with E-state index in [9.17, 15) is 46.1 Å². The minimum Gasteiger partial charge on any atom is -0.376 e. The van der Waals surface area contributed by atoms with Crippen LogP contribution >= 0.6 is 0 Å². The Morgan fingerprint density at radius 3 is 1.27 bits per heavy atom. The number of rotatable bonds is 4. The van der Waals surface area contributed by atoms with Gasteiger partial charge in [0, 0.05) is 22.7 Å². The van der Waals surface area contributed by atoms with E-state index in [1.807, 2.05) is 0 Å². The Hall–Kier alpha value is -2.54. The van der Waals surface area contributed by atoms with Gasteiger partial charge in [0.05, 0.1) is 11.8 Å². The summed E-state index contributed by atoms with van der Waals surface area (Å²) in [6, 6.07) is 0. The van der Waals surface area contributed by atoms with Crippen molar-refractivity contribution < 1.29 is 46.1 Å². The number of nitrogens with zero attached hydrogens (tertiary/aromatic N) is 6. The van der Waals surface area contributed by atoms with Crippen molar-refractivity contribution in [2.75, 3.05) is 0 Å². The summed E-state index contributed by atoms with van der Waals surface area (Å²) in [4.78, 5) is 27.3. The lowest BCUT2D eigenvalue weighted by atomic mass is 9.71. The number of hydrogen-bond donors (Lipinski definition) is 2. The van der Waals surface area contributed by atoms with Crippen LogP contribution in [0.2, 0.25) is 0 Å². The predicted molar refractivity (Wildman–Crippen MR) is 66.5 cm³/mol. The minimum atomic E-state index is -5.72. The Morgan fingerprint density at radius 1 is 0.808 bits per heavy atom. The molecule has 1 aliphatic rings. The molecule has 0 spiro atoms. The summed E-state index contributed by atoms with van der Waals surface area (Å²) in [6.45, 7) is 0. The number of Topliss-reactive ketones (excluding diaryl/α,β-unsaturated/α-hetero) is 2. The summed E-state index contributed by atoms with van der Waals surface area (Å²) in [7, 11) is 0. The third kappa shape index (κ3) is 3.39. The van der Waals surface area contributed by atoms with Crippen LogP contribution in [0.1, 0.15) is 12.8 Å². The van der Waals surface area contributed by atoms with Crippen LogP contribution in [0, 0.1) is 11.8 Å². The first-order valence-corrected chi connectivity index (χ1v) is 6.41. The van der Waals surface area contributed by atoms with E-state index in [-0.39, 0.29) is 0 Å². The van der Waals surface area contributed by atoms with Gasteiger partial charge in [0.15, 0.2) is 0 Å². The van der Waals surface area contributed by atoms with E-state index in [1.165, 1.54) is 0 Å². The molecule has 0 heterocycles. The first-order chi connectivity index (χ1) is 11.7. The van der Waals surface area contributed by atoms with Crippen LogP contribution in [0.25, 0.3) is 20.9 Å². The van der Waals surface area contributed by atoms with Crippen molar-refractivity contribution in [1.29, 1.82) is 0 Å². The SMILES string of the molecule is [N-]=[N+]=NC(O)(C1CC(=O)C(C(O)(N=[N+]=[N-])C(F)(F)F)CC1=O)C(F)(F)F. The maximum Gasteiger partial charge on any atom is 0.423 e. The van der Waals surface area contributed by atoms with Gasteiger partial charge in [0.2, 0.25) is 11.4 Å². The first-order valence-electron chi connectivity index (χ1n) is 6.41. The number of halogens is 6. The molecular weight excluding hydrogens is 382 g/mol. The van der Waals surface area contributed by atoms with E-state index in [2.05, 4.69) is 10.2 Å². The lowest BCUT2D eigenvalue weighted by Gasteiger charge is -2.40. The fourth-order valence-corrected chi connectivity index (χ4v) is 2.43. The molecule has 1 fully saturated rings. The van der Waals surface area contributed by atoms with Crippen molar-refractivity contribution in [1.82, 2.24) is 0 Å². The zero-order chi connectivity index (χ0) is 20.6. The molecular formula is C10H8F6N6O4. The van der Waals surface area contributed by atoms with Crippen LogP contribution in [0.3, 0.4) is 0 Å². The van der Waals surface area contributed by atoms with Crippen molar-refractivity contribution in [3.63, 3.8) is 0 Å². The van der Waals surface area contributed by atoms with Crippen molar-refractivity contribution >= 4 is 11.6 Å². The monoisotopic (exact) mass is 390 g/mol. The Labute approximate surface area is 138 Å². The van der Waals surface area contributed by atoms with Gasteiger partial charge in [0.1, 0.15) is 11.6 Å². The van der Waals surface area contributed by atoms with Crippen molar-refractivity contribution in [2.24, 2.45) is 22.1 Å². The van der Waals surface area contributed by atoms with E-state index >= 15 is 0 Å². The number of carbonyl (C=O) groups is 2. The van der Waals surface area contributed by atoms with Crippen molar-refractivity contribution in [2.45, 2.75) is 36.6 Å². The van der Waals surface area contributed by atoms with Gasteiger partial charge in [0.25, 0.3) is 0 Å². The summed E-state index contributed by atoms with van der Waals surface area (Å²) >= 11 is 0. The number of alkyl halides is 6. The standard InChI is InChI=1S/C10H8F6N6O4/c11-9(12,13)7(25,19-21-17)3-1-5(23)4(2-6(3)24)8(26,20-22-18)10(14,15)16/h3-4,25-26H,1-2H2. The maximum atomic E-state index is 12.9. The molecule has 26 heavy (non-hydrogen) atoms. The smallest absolute Gasteiger partial charge is 0.376 e. The molecule has 0 aliphatic heterocycles. The highest BCUT2D eigenvalue weighted by molar-refractivity contribution is 5.97. The fourth-order valence-electron chi connectivity index (χ4n) is 2.43. The molecule has 16 heteroatoms. The van der Waals surface area contributed by atoms with Crippen LogP contribution in [-0.4, -0.2) is 45.6 Å².